The molecule has 0 radical (unpaired) electrons. The standard InChI is InChI=1S/C14H18INO/c1-10-6-8-11(9-7-10)14(17)16-13-5-3-2-4-12(13)15/h2-5,10-11H,6-9H2,1H3,(H,16,17). The molecule has 1 amide bonds. The molecule has 3 heteroatoms. The number of anilines is 1. The molecule has 0 spiro atoms. The Hall–Kier alpha value is -0.580. The second kappa shape index (κ2) is 5.85. The Kier molecular flexibility index (Phi) is 4.42. The van der Waals surface area contributed by atoms with Crippen LogP contribution in [0.4, 0.5) is 5.69 Å². The quantitative estimate of drug-likeness (QED) is 0.807. The van der Waals surface area contributed by atoms with E-state index in [2.05, 4.69) is 34.8 Å². The number of halogens is 1. The molecule has 0 aromatic heterocycles. The number of hydrogen-bond donors (Lipinski definition) is 1. The highest BCUT2D eigenvalue weighted by Crippen LogP contribution is 2.29. The second-order valence-electron chi connectivity index (χ2n) is 4.93. The van der Waals surface area contributed by atoms with Gasteiger partial charge in [0.25, 0.3) is 0 Å². The van der Waals surface area contributed by atoms with Gasteiger partial charge in [-0.25, -0.2) is 0 Å². The molecule has 1 saturated carbocycles. The molecule has 2 rings (SSSR count). The minimum atomic E-state index is 0.195. The van der Waals surface area contributed by atoms with Gasteiger partial charge >= 0.3 is 0 Å². The van der Waals surface area contributed by atoms with E-state index >= 15 is 0 Å². The molecule has 0 atom stereocenters. The normalized spacial score (nSPS) is 24.4. The van der Waals surface area contributed by atoms with Crippen molar-refractivity contribution < 1.29 is 4.79 Å². The van der Waals surface area contributed by atoms with Gasteiger partial charge in [0.15, 0.2) is 0 Å². The Morgan fingerprint density at radius 2 is 1.88 bits per heavy atom. The van der Waals surface area contributed by atoms with E-state index in [0.717, 1.165) is 28.0 Å². The first kappa shape index (κ1) is 12.9. The molecule has 0 unspecified atom stereocenters. The van der Waals surface area contributed by atoms with Crippen molar-refractivity contribution in [2.75, 3.05) is 5.32 Å². The zero-order chi connectivity index (χ0) is 12.3. The smallest absolute Gasteiger partial charge is 0.227 e. The number of rotatable bonds is 2. The predicted molar refractivity (Wildman–Crippen MR) is 78.9 cm³/mol. The summed E-state index contributed by atoms with van der Waals surface area (Å²) >= 11 is 2.25. The summed E-state index contributed by atoms with van der Waals surface area (Å²) in [6.07, 6.45) is 4.45. The van der Waals surface area contributed by atoms with Crippen LogP contribution in [0, 0.1) is 15.4 Å². The minimum Gasteiger partial charge on any atom is -0.325 e. The summed E-state index contributed by atoms with van der Waals surface area (Å²) in [4.78, 5) is 12.1. The number of para-hydroxylation sites is 1. The van der Waals surface area contributed by atoms with Crippen LogP contribution in [0.25, 0.3) is 0 Å². The topological polar surface area (TPSA) is 29.1 Å². The SMILES string of the molecule is CC1CCC(C(=O)Nc2ccccc2I)CC1. The van der Waals surface area contributed by atoms with E-state index in [9.17, 15) is 4.79 Å². The maximum absolute atomic E-state index is 12.1. The molecule has 1 fully saturated rings. The number of carbonyl (C=O) groups is 1. The van der Waals surface area contributed by atoms with E-state index in [1.807, 2.05) is 24.3 Å². The van der Waals surface area contributed by atoms with E-state index < -0.39 is 0 Å². The van der Waals surface area contributed by atoms with Crippen LogP contribution < -0.4 is 5.32 Å². The van der Waals surface area contributed by atoms with Gasteiger partial charge in [0.1, 0.15) is 0 Å². The average Bonchev–Trinajstić information content (AvgIpc) is 2.33. The first-order chi connectivity index (χ1) is 8.16. The summed E-state index contributed by atoms with van der Waals surface area (Å²) in [5.74, 6) is 1.19. The van der Waals surface area contributed by atoms with Gasteiger partial charge in [-0.2, -0.15) is 0 Å². The van der Waals surface area contributed by atoms with E-state index in [1.54, 1.807) is 0 Å². The summed E-state index contributed by atoms with van der Waals surface area (Å²) in [5, 5.41) is 3.05. The summed E-state index contributed by atoms with van der Waals surface area (Å²) in [7, 11) is 0. The van der Waals surface area contributed by atoms with E-state index in [-0.39, 0.29) is 11.8 Å². The van der Waals surface area contributed by atoms with Crippen molar-refractivity contribution in [3.05, 3.63) is 27.8 Å². The van der Waals surface area contributed by atoms with Gasteiger partial charge in [0, 0.05) is 9.49 Å². The fourth-order valence-electron chi connectivity index (χ4n) is 2.32. The molecule has 1 aliphatic rings. The van der Waals surface area contributed by atoms with Crippen LogP contribution in [0.2, 0.25) is 0 Å². The fraction of sp³-hybridized carbons (Fsp3) is 0.500. The molecule has 0 saturated heterocycles. The third kappa shape index (κ3) is 3.44. The predicted octanol–water partition coefficient (Wildman–Crippen LogP) is 4.06. The van der Waals surface area contributed by atoms with Crippen molar-refractivity contribution in [3.8, 4) is 0 Å². The van der Waals surface area contributed by atoms with Crippen molar-refractivity contribution in [2.45, 2.75) is 32.6 Å². The van der Waals surface area contributed by atoms with Crippen LogP contribution >= 0.6 is 22.6 Å². The van der Waals surface area contributed by atoms with Gasteiger partial charge in [0.2, 0.25) is 5.91 Å². The van der Waals surface area contributed by atoms with Crippen LogP contribution in [0.1, 0.15) is 32.6 Å². The molecule has 1 N–H and O–H groups in total. The highest BCUT2D eigenvalue weighted by Gasteiger charge is 2.24. The largest absolute Gasteiger partial charge is 0.325 e. The lowest BCUT2D eigenvalue weighted by atomic mass is 9.82. The van der Waals surface area contributed by atoms with E-state index in [4.69, 9.17) is 0 Å². The molecule has 0 aliphatic heterocycles. The van der Waals surface area contributed by atoms with Gasteiger partial charge in [0.05, 0.1) is 5.69 Å². The Balaban J connectivity index is 1.95. The Morgan fingerprint density at radius 3 is 2.53 bits per heavy atom. The summed E-state index contributed by atoms with van der Waals surface area (Å²) in [5.41, 5.74) is 0.941. The van der Waals surface area contributed by atoms with Gasteiger partial charge < -0.3 is 5.32 Å². The molecule has 17 heavy (non-hydrogen) atoms. The van der Waals surface area contributed by atoms with Crippen LogP contribution in [0.3, 0.4) is 0 Å². The average molecular weight is 343 g/mol. The zero-order valence-electron chi connectivity index (χ0n) is 10.1. The second-order valence-corrected chi connectivity index (χ2v) is 6.09. The summed E-state index contributed by atoms with van der Waals surface area (Å²) < 4.78 is 1.10. The van der Waals surface area contributed by atoms with E-state index in [0.29, 0.717) is 0 Å². The van der Waals surface area contributed by atoms with Gasteiger partial charge in [-0.3, -0.25) is 4.79 Å². The third-order valence-corrected chi connectivity index (χ3v) is 4.46. The number of nitrogens with one attached hydrogen (secondary N) is 1. The van der Waals surface area contributed by atoms with E-state index in [1.165, 1.54) is 12.8 Å². The molecule has 1 aromatic rings. The molecular formula is C14H18INO. The first-order valence-corrected chi connectivity index (χ1v) is 7.30. The first-order valence-electron chi connectivity index (χ1n) is 6.22. The maximum Gasteiger partial charge on any atom is 0.227 e. The molecular weight excluding hydrogens is 325 g/mol. The molecule has 1 aromatic carbocycles. The zero-order valence-corrected chi connectivity index (χ0v) is 12.2. The Labute approximate surface area is 116 Å². The lowest BCUT2D eigenvalue weighted by Crippen LogP contribution is -2.26. The molecule has 0 bridgehead atoms. The minimum absolute atomic E-state index is 0.195. The van der Waals surface area contributed by atoms with Crippen LogP contribution in [0.5, 0.6) is 0 Å². The number of carbonyl (C=O) groups excluding carboxylic acids is 1. The molecule has 0 heterocycles. The third-order valence-electron chi connectivity index (χ3n) is 3.52. The van der Waals surface area contributed by atoms with Crippen molar-refractivity contribution in [2.24, 2.45) is 11.8 Å². The van der Waals surface area contributed by atoms with Crippen molar-refractivity contribution in [3.63, 3.8) is 0 Å². The van der Waals surface area contributed by atoms with Gasteiger partial charge in [-0.1, -0.05) is 19.1 Å². The van der Waals surface area contributed by atoms with Crippen molar-refractivity contribution >= 4 is 34.2 Å². The molecule has 92 valence electrons. The molecule has 1 aliphatic carbocycles. The summed E-state index contributed by atoms with van der Waals surface area (Å²) in [6.45, 7) is 2.27. The fourth-order valence-corrected chi connectivity index (χ4v) is 2.84. The number of hydrogen-bond acceptors (Lipinski definition) is 1. The Morgan fingerprint density at radius 1 is 1.24 bits per heavy atom. The van der Waals surface area contributed by atoms with Crippen molar-refractivity contribution in [1.82, 2.24) is 0 Å². The highest BCUT2D eigenvalue weighted by molar-refractivity contribution is 14.1. The van der Waals surface area contributed by atoms with Crippen LogP contribution in [-0.4, -0.2) is 5.91 Å². The summed E-state index contributed by atoms with van der Waals surface area (Å²) in [6, 6.07) is 7.92. The van der Waals surface area contributed by atoms with Crippen molar-refractivity contribution in [1.29, 1.82) is 0 Å². The maximum atomic E-state index is 12.1. The van der Waals surface area contributed by atoms with Gasteiger partial charge in [-0.05, 0) is 66.3 Å². The monoisotopic (exact) mass is 343 g/mol. The molecule has 2 nitrogen and oxygen atoms in total. The number of amides is 1. The van der Waals surface area contributed by atoms with Crippen LogP contribution in [-0.2, 0) is 4.79 Å². The van der Waals surface area contributed by atoms with Crippen LogP contribution in [0.15, 0.2) is 24.3 Å². The lowest BCUT2D eigenvalue weighted by molar-refractivity contribution is -0.121. The highest BCUT2D eigenvalue weighted by atomic mass is 127. The van der Waals surface area contributed by atoms with Gasteiger partial charge in [-0.15, -0.1) is 0 Å². The lowest BCUT2D eigenvalue weighted by Gasteiger charge is -2.25. The Bertz CT molecular complexity index is 397. The number of benzene rings is 1.